The molecular weight excluding hydrogens is 358 g/mol. The molecule has 1 fully saturated rings. The number of nitrogens with two attached hydrogens (primary N) is 1. The Labute approximate surface area is 143 Å². The van der Waals surface area contributed by atoms with E-state index in [1.54, 1.807) is 0 Å². The number of aliphatic carboxylic acids is 1. The van der Waals surface area contributed by atoms with Crippen molar-refractivity contribution in [3.63, 3.8) is 0 Å². The third-order valence-corrected chi connectivity index (χ3v) is 4.57. The van der Waals surface area contributed by atoms with Crippen molar-refractivity contribution in [1.82, 2.24) is 19.5 Å². The van der Waals surface area contributed by atoms with Crippen molar-refractivity contribution in [2.24, 2.45) is 0 Å². The predicted molar refractivity (Wildman–Crippen MR) is 83.9 cm³/mol. The zero-order valence-electron chi connectivity index (χ0n) is 12.6. The molecule has 12 nitrogen and oxygen atoms in total. The molecule has 4 unspecified atom stereocenters. The second kappa shape index (κ2) is 6.61. The molecule has 2 aromatic heterocycles. The normalized spacial score (nSPS) is 26.4. The van der Waals surface area contributed by atoms with Gasteiger partial charge in [-0.05, 0) is 0 Å². The number of ether oxygens (including phenoxy) is 1. The first kappa shape index (κ1) is 17.6. The molecule has 0 bridgehead atoms. The average molecular weight is 373 g/mol. The van der Waals surface area contributed by atoms with Crippen LogP contribution in [0.5, 0.6) is 0 Å². The fourth-order valence-corrected chi connectivity index (χ4v) is 3.27. The van der Waals surface area contributed by atoms with E-state index in [4.69, 9.17) is 15.6 Å². The fourth-order valence-electron chi connectivity index (χ4n) is 2.53. The van der Waals surface area contributed by atoms with Crippen LogP contribution >= 0.6 is 11.8 Å². The third-order valence-electron chi connectivity index (χ3n) is 3.63. The number of nitrogens with one attached hydrogen (secondary N) is 1. The summed E-state index contributed by atoms with van der Waals surface area (Å²) in [5, 5.41) is 38.3. The van der Waals surface area contributed by atoms with Gasteiger partial charge in [-0.3, -0.25) is 19.1 Å². The Hall–Kier alpha value is -2.19. The highest BCUT2D eigenvalue weighted by molar-refractivity contribution is 7.99. The summed E-state index contributed by atoms with van der Waals surface area (Å²) in [5.41, 5.74) is 4.73. The number of carboxylic acid groups (broad SMARTS) is 1. The van der Waals surface area contributed by atoms with Crippen LogP contribution in [-0.4, -0.2) is 76.6 Å². The number of aliphatic hydroxyl groups is 3. The monoisotopic (exact) mass is 373 g/mol. The van der Waals surface area contributed by atoms with E-state index < -0.39 is 42.7 Å². The van der Waals surface area contributed by atoms with Gasteiger partial charge in [0.2, 0.25) is 5.95 Å². The maximum Gasteiger partial charge on any atom is 0.313 e. The minimum atomic E-state index is -1.46. The Bertz CT molecular complexity index is 867. The quantitative estimate of drug-likeness (QED) is 0.303. The molecule has 0 aliphatic carbocycles. The smallest absolute Gasteiger partial charge is 0.313 e. The number of anilines is 1. The van der Waals surface area contributed by atoms with Gasteiger partial charge in [-0.15, -0.1) is 0 Å². The fraction of sp³-hybridized carbons (Fsp3) is 0.500. The van der Waals surface area contributed by atoms with Crippen molar-refractivity contribution in [3.05, 3.63) is 10.4 Å². The largest absolute Gasteiger partial charge is 0.481 e. The molecule has 0 amide bonds. The number of carbonyl (C=O) groups is 1. The number of aliphatic hydroxyl groups excluding tert-OH is 3. The Morgan fingerprint density at radius 3 is 2.68 bits per heavy atom. The van der Waals surface area contributed by atoms with Crippen LogP contribution in [-0.2, 0) is 9.53 Å². The molecule has 0 spiro atoms. The summed E-state index contributed by atoms with van der Waals surface area (Å²) < 4.78 is 6.63. The van der Waals surface area contributed by atoms with E-state index in [0.717, 1.165) is 11.8 Å². The Balaban J connectivity index is 2.15. The molecule has 1 aliphatic heterocycles. The highest BCUT2D eigenvalue weighted by atomic mass is 32.2. The standard InChI is InChI=1S/C12H15N5O7S/c13-11-15-8-5(9(23)16-11)14-12(25-2-4(19)20)17(8)10-7(22)6(21)3(1-18)24-10/h3,6-7,10,18,21-22H,1-2H2,(H,19,20)(H3,13,15,16,23). The van der Waals surface area contributed by atoms with E-state index in [-0.39, 0.29) is 28.0 Å². The number of fused-ring (bicyclic) bond motifs is 1. The first-order valence-electron chi connectivity index (χ1n) is 7.08. The highest BCUT2D eigenvalue weighted by Gasteiger charge is 2.45. The second-order valence-electron chi connectivity index (χ2n) is 5.30. The zero-order chi connectivity index (χ0) is 18.3. The molecule has 4 atom stereocenters. The van der Waals surface area contributed by atoms with Gasteiger partial charge >= 0.3 is 5.97 Å². The summed E-state index contributed by atoms with van der Waals surface area (Å²) in [4.78, 5) is 33.1. The van der Waals surface area contributed by atoms with E-state index in [1.165, 1.54) is 4.57 Å². The van der Waals surface area contributed by atoms with Crippen LogP contribution in [0.25, 0.3) is 11.2 Å². The lowest BCUT2D eigenvalue weighted by Crippen LogP contribution is -2.33. The molecule has 1 saturated heterocycles. The number of aromatic amines is 1. The lowest BCUT2D eigenvalue weighted by atomic mass is 10.1. The number of aromatic nitrogens is 4. The molecule has 0 aromatic carbocycles. The number of H-pyrrole nitrogens is 1. The van der Waals surface area contributed by atoms with Gasteiger partial charge in [0.1, 0.15) is 18.3 Å². The molecule has 0 saturated carbocycles. The van der Waals surface area contributed by atoms with Crippen LogP contribution in [0.3, 0.4) is 0 Å². The minimum absolute atomic E-state index is 0.0378. The Morgan fingerprint density at radius 2 is 2.08 bits per heavy atom. The van der Waals surface area contributed by atoms with Crippen LogP contribution in [0, 0.1) is 0 Å². The summed E-state index contributed by atoms with van der Waals surface area (Å²) in [6.45, 7) is -0.547. The van der Waals surface area contributed by atoms with Crippen molar-refractivity contribution >= 4 is 34.8 Å². The number of imidazole rings is 1. The van der Waals surface area contributed by atoms with Gasteiger partial charge < -0.3 is 30.9 Å². The summed E-state index contributed by atoms with van der Waals surface area (Å²) in [6.07, 6.45) is -5.14. The first-order valence-corrected chi connectivity index (χ1v) is 8.06. The molecule has 3 heterocycles. The number of nitrogen functional groups attached to an aromatic ring is 1. The maximum absolute atomic E-state index is 12.0. The van der Waals surface area contributed by atoms with Gasteiger partial charge in [-0.1, -0.05) is 11.8 Å². The maximum atomic E-state index is 12.0. The van der Waals surface area contributed by atoms with Crippen LogP contribution in [0.1, 0.15) is 6.23 Å². The molecular formula is C12H15N5O7S. The molecule has 3 rings (SSSR count). The van der Waals surface area contributed by atoms with Crippen LogP contribution in [0.2, 0.25) is 0 Å². The summed E-state index contributed by atoms with van der Waals surface area (Å²) in [5.74, 6) is -1.70. The van der Waals surface area contributed by atoms with Crippen molar-refractivity contribution in [1.29, 1.82) is 0 Å². The zero-order valence-corrected chi connectivity index (χ0v) is 13.4. The van der Waals surface area contributed by atoms with Gasteiger partial charge in [0, 0.05) is 0 Å². The Kier molecular flexibility index (Phi) is 4.66. The number of rotatable bonds is 5. The lowest BCUT2D eigenvalue weighted by molar-refractivity contribution is -0.133. The number of hydrogen-bond acceptors (Lipinski definition) is 10. The lowest BCUT2D eigenvalue weighted by Gasteiger charge is -2.18. The Morgan fingerprint density at radius 1 is 1.36 bits per heavy atom. The predicted octanol–water partition coefficient (Wildman–Crippen LogP) is -2.51. The van der Waals surface area contributed by atoms with Crippen LogP contribution in [0.15, 0.2) is 9.95 Å². The molecule has 0 radical (unpaired) electrons. The van der Waals surface area contributed by atoms with Crippen molar-refractivity contribution in [2.75, 3.05) is 18.1 Å². The van der Waals surface area contributed by atoms with E-state index in [9.17, 15) is 24.9 Å². The number of hydrogen-bond donors (Lipinski definition) is 6. The number of nitrogens with zero attached hydrogens (tertiary/aromatic N) is 3. The summed E-state index contributed by atoms with van der Waals surface area (Å²) >= 11 is 0.778. The van der Waals surface area contributed by atoms with Gasteiger partial charge in [0.05, 0.1) is 12.4 Å². The third kappa shape index (κ3) is 3.07. The topological polar surface area (TPSA) is 197 Å². The van der Waals surface area contributed by atoms with Crippen molar-refractivity contribution < 1.29 is 30.0 Å². The minimum Gasteiger partial charge on any atom is -0.481 e. The van der Waals surface area contributed by atoms with Gasteiger partial charge in [0.25, 0.3) is 5.56 Å². The van der Waals surface area contributed by atoms with Crippen LogP contribution in [0.4, 0.5) is 5.95 Å². The molecule has 25 heavy (non-hydrogen) atoms. The highest BCUT2D eigenvalue weighted by Crippen LogP contribution is 2.35. The molecule has 2 aromatic rings. The van der Waals surface area contributed by atoms with E-state index in [2.05, 4.69) is 15.0 Å². The first-order chi connectivity index (χ1) is 11.8. The SMILES string of the molecule is Nc1nc2c(nc(SCC(=O)O)n2C2OC(CO)C(O)C2O)c(=O)[nH]1. The second-order valence-corrected chi connectivity index (χ2v) is 6.24. The van der Waals surface area contributed by atoms with Crippen molar-refractivity contribution in [3.8, 4) is 0 Å². The van der Waals surface area contributed by atoms with Crippen molar-refractivity contribution in [2.45, 2.75) is 29.7 Å². The van der Waals surface area contributed by atoms with E-state index in [1.807, 2.05) is 0 Å². The average Bonchev–Trinajstić information content (AvgIpc) is 3.04. The summed E-state index contributed by atoms with van der Waals surface area (Å²) in [6, 6.07) is 0. The molecule has 7 N–H and O–H groups in total. The van der Waals surface area contributed by atoms with Gasteiger partial charge in [-0.2, -0.15) is 4.98 Å². The number of thioether (sulfide) groups is 1. The molecule has 1 aliphatic rings. The molecule has 136 valence electrons. The number of carboxylic acids is 1. The summed E-state index contributed by atoms with van der Waals surface area (Å²) in [7, 11) is 0. The molecule has 13 heteroatoms. The van der Waals surface area contributed by atoms with E-state index >= 15 is 0 Å². The van der Waals surface area contributed by atoms with Gasteiger partial charge in [0.15, 0.2) is 22.5 Å². The van der Waals surface area contributed by atoms with Gasteiger partial charge in [-0.25, -0.2) is 4.98 Å². The van der Waals surface area contributed by atoms with Crippen LogP contribution < -0.4 is 11.3 Å². The van der Waals surface area contributed by atoms with E-state index in [0.29, 0.717) is 0 Å².